The van der Waals surface area contributed by atoms with Crippen molar-refractivity contribution in [1.29, 1.82) is 0 Å². The SMILES string of the molecule is CCOc1ccc(C(N)CS(=O)c2ccccc2Cl)cc1. The second kappa shape index (κ2) is 7.59. The van der Waals surface area contributed by atoms with Crippen molar-refractivity contribution >= 4 is 22.4 Å². The molecule has 2 N–H and O–H groups in total. The molecule has 0 saturated carbocycles. The van der Waals surface area contributed by atoms with Crippen LogP contribution in [0.25, 0.3) is 0 Å². The molecule has 21 heavy (non-hydrogen) atoms. The molecule has 0 amide bonds. The predicted octanol–water partition coefficient (Wildman–Crippen LogP) is 3.55. The molecule has 112 valence electrons. The highest BCUT2D eigenvalue weighted by atomic mass is 35.5. The van der Waals surface area contributed by atoms with Crippen molar-refractivity contribution in [3.63, 3.8) is 0 Å². The fourth-order valence-corrected chi connectivity index (χ4v) is 3.56. The third-order valence-electron chi connectivity index (χ3n) is 3.03. The highest BCUT2D eigenvalue weighted by Crippen LogP contribution is 2.23. The van der Waals surface area contributed by atoms with Gasteiger partial charge in [0, 0.05) is 11.8 Å². The molecule has 0 radical (unpaired) electrons. The van der Waals surface area contributed by atoms with E-state index in [-0.39, 0.29) is 6.04 Å². The Morgan fingerprint density at radius 2 is 1.86 bits per heavy atom. The molecule has 0 aliphatic carbocycles. The molecule has 0 aliphatic heterocycles. The molecule has 5 heteroatoms. The Morgan fingerprint density at radius 1 is 1.19 bits per heavy atom. The van der Waals surface area contributed by atoms with E-state index >= 15 is 0 Å². The molecule has 2 aromatic rings. The summed E-state index contributed by atoms with van der Waals surface area (Å²) in [7, 11) is -1.22. The number of hydrogen-bond acceptors (Lipinski definition) is 3. The van der Waals surface area contributed by atoms with Gasteiger partial charge in [0.05, 0.1) is 27.3 Å². The topological polar surface area (TPSA) is 52.3 Å². The lowest BCUT2D eigenvalue weighted by atomic mass is 10.1. The van der Waals surface area contributed by atoms with Crippen LogP contribution in [-0.4, -0.2) is 16.6 Å². The molecule has 0 spiro atoms. The van der Waals surface area contributed by atoms with Crippen LogP contribution in [0.2, 0.25) is 5.02 Å². The van der Waals surface area contributed by atoms with E-state index in [4.69, 9.17) is 22.1 Å². The number of ether oxygens (including phenoxy) is 1. The third-order valence-corrected chi connectivity index (χ3v) is 4.98. The van der Waals surface area contributed by atoms with E-state index in [1.165, 1.54) is 0 Å². The first-order chi connectivity index (χ1) is 10.1. The summed E-state index contributed by atoms with van der Waals surface area (Å²) in [6.45, 7) is 2.56. The van der Waals surface area contributed by atoms with Crippen LogP contribution >= 0.6 is 11.6 Å². The van der Waals surface area contributed by atoms with Gasteiger partial charge < -0.3 is 10.5 Å². The fourth-order valence-electron chi connectivity index (χ4n) is 1.96. The molecule has 0 heterocycles. The molecule has 2 atom stereocenters. The summed E-state index contributed by atoms with van der Waals surface area (Å²) >= 11 is 6.05. The molecule has 2 aromatic carbocycles. The summed E-state index contributed by atoms with van der Waals surface area (Å²) in [5, 5.41) is 0.509. The molecule has 0 aliphatic rings. The van der Waals surface area contributed by atoms with E-state index < -0.39 is 10.8 Å². The van der Waals surface area contributed by atoms with Gasteiger partial charge >= 0.3 is 0 Å². The molecule has 3 nitrogen and oxygen atoms in total. The molecular weight excluding hydrogens is 306 g/mol. The minimum absolute atomic E-state index is 0.308. The zero-order chi connectivity index (χ0) is 15.2. The van der Waals surface area contributed by atoms with Crippen molar-refractivity contribution in [2.24, 2.45) is 5.73 Å². The highest BCUT2D eigenvalue weighted by molar-refractivity contribution is 7.85. The second-order valence-electron chi connectivity index (χ2n) is 4.55. The molecule has 0 aromatic heterocycles. The number of nitrogens with two attached hydrogens (primary N) is 1. The first kappa shape index (κ1) is 16.0. The van der Waals surface area contributed by atoms with Crippen molar-refractivity contribution in [2.45, 2.75) is 17.9 Å². The molecular formula is C16H18ClNO2S. The van der Waals surface area contributed by atoms with Crippen molar-refractivity contribution in [1.82, 2.24) is 0 Å². The molecule has 2 rings (SSSR count). The second-order valence-corrected chi connectivity index (χ2v) is 6.42. The molecule has 0 bridgehead atoms. The minimum atomic E-state index is -1.22. The lowest BCUT2D eigenvalue weighted by Gasteiger charge is -2.13. The van der Waals surface area contributed by atoms with Crippen LogP contribution in [0, 0.1) is 0 Å². The largest absolute Gasteiger partial charge is 0.494 e. The monoisotopic (exact) mass is 323 g/mol. The van der Waals surface area contributed by atoms with Gasteiger partial charge in [-0.2, -0.15) is 0 Å². The first-order valence-corrected chi connectivity index (χ1v) is 8.42. The summed E-state index contributed by atoms with van der Waals surface area (Å²) in [4.78, 5) is 0.626. The summed E-state index contributed by atoms with van der Waals surface area (Å²) in [5.74, 6) is 1.14. The molecule has 0 saturated heterocycles. The van der Waals surface area contributed by atoms with E-state index in [2.05, 4.69) is 0 Å². The van der Waals surface area contributed by atoms with E-state index in [1.807, 2.05) is 43.3 Å². The quantitative estimate of drug-likeness (QED) is 0.884. The number of hydrogen-bond donors (Lipinski definition) is 1. The van der Waals surface area contributed by atoms with Crippen molar-refractivity contribution < 1.29 is 8.95 Å². The highest BCUT2D eigenvalue weighted by Gasteiger charge is 2.14. The van der Waals surface area contributed by atoms with Crippen LogP contribution in [0.1, 0.15) is 18.5 Å². The van der Waals surface area contributed by atoms with Crippen molar-refractivity contribution in [3.8, 4) is 5.75 Å². The smallest absolute Gasteiger partial charge is 0.119 e. The average Bonchev–Trinajstić information content (AvgIpc) is 2.48. The Hall–Kier alpha value is -1.36. The van der Waals surface area contributed by atoms with Crippen molar-refractivity contribution in [3.05, 3.63) is 59.1 Å². The maximum atomic E-state index is 12.3. The van der Waals surface area contributed by atoms with Gasteiger partial charge in [-0.1, -0.05) is 35.9 Å². The summed E-state index contributed by atoms with van der Waals surface area (Å²) in [5.41, 5.74) is 7.06. The van der Waals surface area contributed by atoms with Crippen LogP contribution in [0.4, 0.5) is 0 Å². The van der Waals surface area contributed by atoms with E-state index in [1.54, 1.807) is 12.1 Å². The first-order valence-electron chi connectivity index (χ1n) is 6.73. The maximum absolute atomic E-state index is 12.3. The van der Waals surface area contributed by atoms with Gasteiger partial charge in [0.1, 0.15) is 5.75 Å². The number of benzene rings is 2. The Morgan fingerprint density at radius 3 is 2.48 bits per heavy atom. The fraction of sp³-hybridized carbons (Fsp3) is 0.250. The zero-order valence-electron chi connectivity index (χ0n) is 11.8. The van der Waals surface area contributed by atoms with Gasteiger partial charge in [0.25, 0.3) is 0 Å². The lowest BCUT2D eigenvalue weighted by Crippen LogP contribution is -2.18. The normalized spacial score (nSPS) is 13.7. The van der Waals surface area contributed by atoms with Crippen molar-refractivity contribution in [2.75, 3.05) is 12.4 Å². The molecule has 2 unspecified atom stereocenters. The van der Waals surface area contributed by atoms with Crippen LogP contribution in [0.5, 0.6) is 5.75 Å². The summed E-state index contributed by atoms with van der Waals surface area (Å²) in [6, 6.07) is 14.4. The zero-order valence-corrected chi connectivity index (χ0v) is 13.4. The third kappa shape index (κ3) is 4.30. The lowest BCUT2D eigenvalue weighted by molar-refractivity contribution is 0.340. The Kier molecular flexibility index (Phi) is 5.79. The van der Waals surface area contributed by atoms with E-state index in [0.717, 1.165) is 11.3 Å². The average molecular weight is 324 g/mol. The standard InChI is InChI=1S/C16H18ClNO2S/c1-2-20-13-9-7-12(8-10-13)15(18)11-21(19)16-6-4-3-5-14(16)17/h3-10,15H,2,11,18H2,1H3. The van der Waals surface area contributed by atoms with Crippen LogP contribution in [-0.2, 0) is 10.8 Å². The van der Waals surface area contributed by atoms with Gasteiger partial charge in [-0.05, 0) is 36.8 Å². The van der Waals surface area contributed by atoms with Crippen LogP contribution < -0.4 is 10.5 Å². The van der Waals surface area contributed by atoms with Gasteiger partial charge in [-0.3, -0.25) is 4.21 Å². The van der Waals surface area contributed by atoms with Gasteiger partial charge in [-0.15, -0.1) is 0 Å². The summed E-state index contributed by atoms with van der Waals surface area (Å²) in [6.07, 6.45) is 0. The molecule has 0 fully saturated rings. The summed E-state index contributed by atoms with van der Waals surface area (Å²) < 4.78 is 17.7. The Labute approximate surface area is 132 Å². The Bertz CT molecular complexity index is 616. The minimum Gasteiger partial charge on any atom is -0.494 e. The van der Waals surface area contributed by atoms with Gasteiger partial charge in [0.2, 0.25) is 0 Å². The van der Waals surface area contributed by atoms with Gasteiger partial charge in [-0.25, -0.2) is 0 Å². The Balaban J connectivity index is 2.05. The maximum Gasteiger partial charge on any atom is 0.119 e. The van der Waals surface area contributed by atoms with Crippen LogP contribution in [0.3, 0.4) is 0 Å². The number of halogens is 1. The van der Waals surface area contributed by atoms with Crippen LogP contribution in [0.15, 0.2) is 53.4 Å². The van der Waals surface area contributed by atoms with E-state index in [0.29, 0.717) is 22.3 Å². The van der Waals surface area contributed by atoms with E-state index in [9.17, 15) is 4.21 Å². The predicted molar refractivity (Wildman–Crippen MR) is 87.3 cm³/mol. The van der Waals surface area contributed by atoms with Gasteiger partial charge in [0.15, 0.2) is 0 Å². The number of rotatable bonds is 6.